The highest BCUT2D eigenvalue weighted by Crippen LogP contribution is 2.42. The number of fused-ring (bicyclic) bond motifs is 1. The van der Waals surface area contributed by atoms with Gasteiger partial charge in [0.05, 0.1) is 19.7 Å². The van der Waals surface area contributed by atoms with E-state index in [2.05, 4.69) is 16.4 Å². The standard InChI is InChI=1S/C33H25FN4O5/c1-41-30-16-23-26(17-31(30)42-2)36-13-12-28(23)43-29-11-10-20(14-25(29)34)37-32(39)24-15-22(19-8-9-19)27(18-35)38(33(24)40)21-6-4-3-5-7-21/h3-7,10-17,19H,8-9H2,1-2H3,(H,37,39). The summed E-state index contributed by atoms with van der Waals surface area (Å²) in [6.45, 7) is 0. The van der Waals surface area contributed by atoms with Gasteiger partial charge in [0.2, 0.25) is 0 Å². The van der Waals surface area contributed by atoms with E-state index in [0.29, 0.717) is 39.4 Å². The molecule has 0 unspecified atom stereocenters. The molecular weight excluding hydrogens is 551 g/mol. The number of benzene rings is 3. The molecule has 1 N–H and O–H groups in total. The number of ether oxygens (including phenoxy) is 3. The molecule has 0 saturated heterocycles. The molecule has 0 radical (unpaired) electrons. The number of nitrogens with zero attached hydrogens (tertiary/aromatic N) is 3. The van der Waals surface area contributed by atoms with Gasteiger partial charge in [0.15, 0.2) is 23.1 Å². The van der Waals surface area contributed by atoms with Crippen molar-refractivity contribution < 1.29 is 23.4 Å². The van der Waals surface area contributed by atoms with E-state index < -0.39 is 17.3 Å². The largest absolute Gasteiger partial charge is 0.493 e. The van der Waals surface area contributed by atoms with Gasteiger partial charge in [-0.2, -0.15) is 5.26 Å². The number of hydrogen-bond donors (Lipinski definition) is 1. The Balaban J connectivity index is 1.30. The third-order valence-electron chi connectivity index (χ3n) is 7.23. The van der Waals surface area contributed by atoms with Crippen LogP contribution in [0.5, 0.6) is 23.0 Å². The van der Waals surface area contributed by atoms with Crippen LogP contribution in [0.2, 0.25) is 0 Å². The second-order valence-corrected chi connectivity index (χ2v) is 9.96. The fourth-order valence-corrected chi connectivity index (χ4v) is 4.96. The number of rotatable bonds is 8. The number of methoxy groups -OCH3 is 2. The van der Waals surface area contributed by atoms with Crippen molar-refractivity contribution in [3.63, 3.8) is 0 Å². The SMILES string of the molecule is COc1cc2nccc(Oc3ccc(NC(=O)c4cc(C5CC5)c(C#N)n(-c5ccccc5)c4=O)cc3F)c2cc1OC. The van der Waals surface area contributed by atoms with Crippen LogP contribution >= 0.6 is 0 Å². The second-order valence-electron chi connectivity index (χ2n) is 9.96. The number of carbonyl (C=O) groups is 1. The lowest BCUT2D eigenvalue weighted by atomic mass is 10.0. The lowest BCUT2D eigenvalue weighted by molar-refractivity contribution is 0.102. The van der Waals surface area contributed by atoms with E-state index in [1.807, 2.05) is 0 Å². The molecule has 1 fully saturated rings. The summed E-state index contributed by atoms with van der Waals surface area (Å²) in [5.41, 5.74) is 1.25. The van der Waals surface area contributed by atoms with Crippen molar-refractivity contribution in [2.75, 3.05) is 19.5 Å². The number of hydrogen-bond acceptors (Lipinski definition) is 7. The van der Waals surface area contributed by atoms with E-state index >= 15 is 4.39 Å². The highest BCUT2D eigenvalue weighted by atomic mass is 19.1. The van der Waals surface area contributed by atoms with Crippen molar-refractivity contribution in [2.24, 2.45) is 0 Å². The van der Waals surface area contributed by atoms with Gasteiger partial charge in [-0.15, -0.1) is 0 Å². The quantitative estimate of drug-likeness (QED) is 0.229. The minimum atomic E-state index is -0.733. The number of aromatic nitrogens is 2. The number of para-hydroxylation sites is 1. The number of anilines is 1. The molecule has 0 atom stereocenters. The molecule has 2 heterocycles. The van der Waals surface area contributed by atoms with Crippen LogP contribution < -0.4 is 25.1 Å². The molecule has 6 rings (SSSR count). The Kier molecular flexibility index (Phi) is 7.22. The van der Waals surface area contributed by atoms with Crippen molar-refractivity contribution in [3.05, 3.63) is 112 Å². The van der Waals surface area contributed by atoms with Crippen LogP contribution in [-0.4, -0.2) is 29.7 Å². The third kappa shape index (κ3) is 5.24. The second kappa shape index (κ2) is 11.3. The zero-order chi connectivity index (χ0) is 30.1. The van der Waals surface area contributed by atoms with Crippen molar-refractivity contribution in [3.8, 4) is 34.8 Å². The van der Waals surface area contributed by atoms with Crippen molar-refractivity contribution in [2.45, 2.75) is 18.8 Å². The fraction of sp³-hybridized carbons (Fsp3) is 0.152. The Morgan fingerprint density at radius 1 is 0.977 bits per heavy atom. The monoisotopic (exact) mass is 576 g/mol. The van der Waals surface area contributed by atoms with E-state index in [-0.39, 0.29) is 28.6 Å². The van der Waals surface area contributed by atoms with Crippen LogP contribution in [0.4, 0.5) is 10.1 Å². The van der Waals surface area contributed by atoms with Gasteiger partial charge in [-0.25, -0.2) is 4.39 Å². The molecule has 10 heteroatoms. The summed E-state index contributed by atoms with van der Waals surface area (Å²) in [5.74, 6) is -0.137. The van der Waals surface area contributed by atoms with Gasteiger partial charge >= 0.3 is 0 Å². The minimum absolute atomic E-state index is 0.0823. The minimum Gasteiger partial charge on any atom is -0.493 e. The Hall–Kier alpha value is -5.69. The van der Waals surface area contributed by atoms with Gasteiger partial charge < -0.3 is 19.5 Å². The molecule has 3 aromatic carbocycles. The first kappa shape index (κ1) is 27.5. The topological polar surface area (TPSA) is 115 Å². The fourth-order valence-electron chi connectivity index (χ4n) is 4.96. The Labute approximate surface area is 245 Å². The van der Waals surface area contributed by atoms with Crippen LogP contribution in [0.25, 0.3) is 16.6 Å². The number of nitriles is 1. The zero-order valence-electron chi connectivity index (χ0n) is 23.3. The molecule has 1 aliphatic rings. The number of amides is 1. The number of nitrogens with one attached hydrogen (secondary N) is 1. The average Bonchev–Trinajstić information content (AvgIpc) is 3.87. The molecule has 9 nitrogen and oxygen atoms in total. The molecule has 1 amide bonds. The van der Waals surface area contributed by atoms with Gasteiger partial charge in [0.1, 0.15) is 23.1 Å². The van der Waals surface area contributed by atoms with Crippen LogP contribution in [-0.2, 0) is 0 Å². The summed E-state index contributed by atoms with van der Waals surface area (Å²) in [4.78, 5) is 31.2. The molecule has 0 aliphatic heterocycles. The van der Waals surface area contributed by atoms with E-state index in [1.165, 1.54) is 43.2 Å². The van der Waals surface area contributed by atoms with Crippen molar-refractivity contribution >= 4 is 22.5 Å². The van der Waals surface area contributed by atoms with Gasteiger partial charge in [-0.3, -0.25) is 19.1 Å². The maximum atomic E-state index is 15.3. The smallest absolute Gasteiger partial charge is 0.269 e. The predicted molar refractivity (Wildman–Crippen MR) is 158 cm³/mol. The summed E-state index contributed by atoms with van der Waals surface area (Å²) in [6.07, 6.45) is 3.26. The van der Waals surface area contributed by atoms with E-state index in [0.717, 1.165) is 18.9 Å². The lowest BCUT2D eigenvalue weighted by Crippen LogP contribution is -2.31. The van der Waals surface area contributed by atoms with Crippen LogP contribution in [0.3, 0.4) is 0 Å². The molecule has 2 aromatic heterocycles. The molecular formula is C33H25FN4O5. The summed E-state index contributed by atoms with van der Waals surface area (Å²) in [7, 11) is 3.03. The maximum Gasteiger partial charge on any atom is 0.269 e. The van der Waals surface area contributed by atoms with Crippen LogP contribution in [0, 0.1) is 17.1 Å². The Bertz CT molecular complexity index is 1980. The van der Waals surface area contributed by atoms with E-state index in [4.69, 9.17) is 14.2 Å². The summed E-state index contributed by atoms with van der Waals surface area (Å²) in [5, 5.41) is 13.1. The molecule has 1 aliphatic carbocycles. The molecule has 43 heavy (non-hydrogen) atoms. The number of pyridine rings is 2. The zero-order valence-corrected chi connectivity index (χ0v) is 23.3. The molecule has 0 spiro atoms. The van der Waals surface area contributed by atoms with Gasteiger partial charge in [-0.05, 0) is 66.8 Å². The molecule has 0 bridgehead atoms. The predicted octanol–water partition coefficient (Wildman–Crippen LogP) is 6.34. The van der Waals surface area contributed by atoms with Gasteiger partial charge in [0.25, 0.3) is 11.5 Å². The van der Waals surface area contributed by atoms with Crippen LogP contribution in [0.1, 0.15) is 40.4 Å². The van der Waals surface area contributed by atoms with Crippen molar-refractivity contribution in [1.29, 1.82) is 5.26 Å². The first-order valence-electron chi connectivity index (χ1n) is 13.5. The first-order chi connectivity index (χ1) is 20.9. The van der Waals surface area contributed by atoms with E-state index in [1.54, 1.807) is 48.5 Å². The Morgan fingerprint density at radius 3 is 2.40 bits per heavy atom. The van der Waals surface area contributed by atoms with Gasteiger partial charge in [-0.1, -0.05) is 18.2 Å². The average molecular weight is 577 g/mol. The lowest BCUT2D eigenvalue weighted by Gasteiger charge is -2.15. The third-order valence-corrected chi connectivity index (χ3v) is 7.23. The van der Waals surface area contributed by atoms with Gasteiger partial charge in [0, 0.05) is 35.1 Å². The first-order valence-corrected chi connectivity index (χ1v) is 13.5. The number of carbonyl (C=O) groups excluding carboxylic acids is 1. The molecule has 1 saturated carbocycles. The highest BCUT2D eigenvalue weighted by Gasteiger charge is 2.31. The summed E-state index contributed by atoms with van der Waals surface area (Å²) >= 11 is 0. The molecule has 214 valence electrons. The summed E-state index contributed by atoms with van der Waals surface area (Å²) in [6, 6.07) is 21.3. The normalized spacial score (nSPS) is 12.4. The molecule has 5 aromatic rings. The van der Waals surface area contributed by atoms with E-state index in [9.17, 15) is 14.9 Å². The van der Waals surface area contributed by atoms with Crippen LogP contribution in [0.15, 0.2) is 83.8 Å². The Morgan fingerprint density at radius 2 is 1.72 bits per heavy atom. The summed E-state index contributed by atoms with van der Waals surface area (Å²) < 4.78 is 33.1. The maximum absolute atomic E-state index is 15.3. The highest BCUT2D eigenvalue weighted by molar-refractivity contribution is 6.04. The van der Waals surface area contributed by atoms with Crippen molar-refractivity contribution in [1.82, 2.24) is 9.55 Å². The number of halogens is 1.